The van der Waals surface area contributed by atoms with Crippen LogP contribution in [0.2, 0.25) is 0 Å². The zero-order valence-electron chi connectivity index (χ0n) is 17.9. The van der Waals surface area contributed by atoms with Crippen LogP contribution in [0, 0.1) is 5.41 Å². The van der Waals surface area contributed by atoms with Gasteiger partial charge in [-0.25, -0.2) is 8.42 Å². The second kappa shape index (κ2) is 7.67. The van der Waals surface area contributed by atoms with E-state index in [2.05, 4.69) is 15.4 Å². The maximum absolute atomic E-state index is 13.5. The number of Topliss-reactive ketones (excluding diaryl/α,β-unsaturated/α-hetero) is 1. The van der Waals surface area contributed by atoms with Gasteiger partial charge in [-0.05, 0) is 70.0 Å². The molecular formula is C21H30N4O5S. The van der Waals surface area contributed by atoms with Gasteiger partial charge in [0, 0.05) is 31.1 Å². The number of amides is 1. The third-order valence-corrected chi connectivity index (χ3v) is 9.99. The number of rotatable bonds is 6. The predicted octanol–water partition coefficient (Wildman–Crippen LogP) is 1.42. The summed E-state index contributed by atoms with van der Waals surface area (Å²) in [5.74, 6) is -0.347. The molecular weight excluding hydrogens is 420 g/mol. The van der Waals surface area contributed by atoms with E-state index in [9.17, 15) is 18.0 Å². The number of fused-ring (bicyclic) bond motifs is 5. The quantitative estimate of drug-likeness (QED) is 0.652. The van der Waals surface area contributed by atoms with Crippen LogP contribution in [0.15, 0.2) is 10.6 Å². The second-order valence-electron chi connectivity index (χ2n) is 9.84. The Morgan fingerprint density at radius 2 is 1.77 bits per heavy atom. The molecule has 6 heterocycles. The van der Waals surface area contributed by atoms with Crippen molar-refractivity contribution < 1.29 is 22.5 Å². The molecule has 3 atom stereocenters. The Morgan fingerprint density at radius 1 is 1.16 bits per heavy atom. The highest BCUT2D eigenvalue weighted by atomic mass is 32.2. The van der Waals surface area contributed by atoms with Gasteiger partial charge < -0.3 is 14.7 Å². The number of nitrogens with zero attached hydrogens (tertiary/aromatic N) is 3. The number of piperidine rings is 4. The van der Waals surface area contributed by atoms with Crippen LogP contribution in [-0.4, -0.2) is 78.0 Å². The lowest BCUT2D eigenvalue weighted by atomic mass is 9.74. The molecule has 5 saturated heterocycles. The molecule has 6 rings (SSSR count). The summed E-state index contributed by atoms with van der Waals surface area (Å²) in [5, 5.41) is 6.65. The third kappa shape index (κ3) is 3.93. The minimum Gasteiger partial charge on any atom is -0.352 e. The minimum atomic E-state index is -3.34. The van der Waals surface area contributed by atoms with Crippen molar-refractivity contribution in [2.75, 3.05) is 25.4 Å². The van der Waals surface area contributed by atoms with Gasteiger partial charge in [0.05, 0.1) is 5.75 Å². The average molecular weight is 451 g/mol. The molecule has 1 unspecified atom stereocenters. The molecule has 0 saturated carbocycles. The van der Waals surface area contributed by atoms with Gasteiger partial charge >= 0.3 is 0 Å². The number of hydrogen-bond donors (Lipinski definition) is 1. The third-order valence-electron chi connectivity index (χ3n) is 7.78. The number of carbonyl (C=O) groups excluding carboxylic acids is 2. The fourth-order valence-electron chi connectivity index (χ4n) is 6.09. The fourth-order valence-corrected chi connectivity index (χ4v) is 8.74. The van der Waals surface area contributed by atoms with Crippen molar-refractivity contribution in [1.29, 1.82) is 0 Å². The van der Waals surface area contributed by atoms with Crippen molar-refractivity contribution in [3.8, 4) is 0 Å². The number of ketones is 1. The minimum absolute atomic E-state index is 0.0547. The number of sulfonamides is 1. The van der Waals surface area contributed by atoms with Gasteiger partial charge in [0.1, 0.15) is 0 Å². The Morgan fingerprint density at radius 3 is 2.32 bits per heavy atom. The van der Waals surface area contributed by atoms with Crippen LogP contribution < -0.4 is 5.32 Å². The molecule has 9 nitrogen and oxygen atoms in total. The summed E-state index contributed by atoms with van der Waals surface area (Å²) in [6, 6.07) is 1.13. The molecule has 10 heteroatoms. The Balaban J connectivity index is 1.24. The van der Waals surface area contributed by atoms with Gasteiger partial charge in [-0.2, -0.15) is 4.31 Å². The molecule has 1 N–H and O–H groups in total. The largest absolute Gasteiger partial charge is 0.352 e. The van der Waals surface area contributed by atoms with Crippen LogP contribution in [0.25, 0.3) is 0 Å². The Hall–Kier alpha value is -1.78. The zero-order valence-corrected chi connectivity index (χ0v) is 18.7. The zero-order chi connectivity index (χ0) is 21.8. The van der Waals surface area contributed by atoms with Gasteiger partial charge in [0.15, 0.2) is 11.5 Å². The molecule has 1 aromatic heterocycles. The van der Waals surface area contributed by atoms with Crippen molar-refractivity contribution in [1.82, 2.24) is 19.7 Å². The van der Waals surface area contributed by atoms with E-state index in [1.807, 2.05) is 0 Å². The van der Waals surface area contributed by atoms with Gasteiger partial charge in [0.2, 0.25) is 15.8 Å². The standard InChI is InChI=1S/C21H30N4O5S/c1-14(26)19-12-18(23-30-19)20(27)22-15-10-16-2-3-17(11-15)25(16)31(28,29)13-21-4-7-24(8-5-21)9-6-21/h12,15-17H,2-11,13H2,1H3,(H,22,27)/t15?,16-,17+. The number of carbonyl (C=O) groups is 2. The summed E-state index contributed by atoms with van der Waals surface area (Å²) < 4.78 is 33.7. The smallest absolute Gasteiger partial charge is 0.273 e. The Bertz CT molecular complexity index is 954. The molecule has 5 aliphatic rings. The van der Waals surface area contributed by atoms with Crippen LogP contribution in [-0.2, 0) is 10.0 Å². The van der Waals surface area contributed by atoms with Gasteiger partial charge in [0.25, 0.3) is 5.91 Å². The van der Waals surface area contributed by atoms with Crippen molar-refractivity contribution in [3.63, 3.8) is 0 Å². The van der Waals surface area contributed by atoms with Crippen molar-refractivity contribution in [2.45, 2.75) is 70.0 Å². The molecule has 5 fully saturated rings. The van der Waals surface area contributed by atoms with Gasteiger partial charge in [-0.1, -0.05) is 5.16 Å². The van der Waals surface area contributed by atoms with Crippen LogP contribution in [0.5, 0.6) is 0 Å². The second-order valence-corrected chi connectivity index (χ2v) is 11.7. The SMILES string of the molecule is CC(=O)c1cc(C(=O)NC2C[C@H]3CC[C@@H](C2)N3S(=O)(=O)CC23CCN(CC2)CC3)no1. The molecule has 1 aromatic rings. The van der Waals surface area contributed by atoms with Crippen LogP contribution in [0.4, 0.5) is 0 Å². The van der Waals surface area contributed by atoms with E-state index in [0.29, 0.717) is 12.8 Å². The van der Waals surface area contributed by atoms with Crippen molar-refractivity contribution in [3.05, 3.63) is 17.5 Å². The molecule has 5 aliphatic heterocycles. The average Bonchev–Trinajstić information content (AvgIpc) is 3.33. The normalized spacial score (nSPS) is 35.3. The Labute approximate surface area is 182 Å². The maximum atomic E-state index is 13.5. The number of hydrogen-bond acceptors (Lipinski definition) is 7. The first-order valence-electron chi connectivity index (χ1n) is 11.3. The molecule has 0 aromatic carbocycles. The summed E-state index contributed by atoms with van der Waals surface area (Å²) in [5.41, 5.74) is 0.0229. The molecule has 0 radical (unpaired) electrons. The van der Waals surface area contributed by atoms with Gasteiger partial charge in [-0.3, -0.25) is 9.59 Å². The van der Waals surface area contributed by atoms with E-state index < -0.39 is 10.0 Å². The molecule has 0 aliphatic carbocycles. The highest BCUT2D eigenvalue weighted by Gasteiger charge is 2.50. The number of nitrogens with one attached hydrogen (secondary N) is 1. The molecule has 4 bridgehead atoms. The summed E-state index contributed by atoms with van der Waals surface area (Å²) in [4.78, 5) is 26.3. The predicted molar refractivity (Wildman–Crippen MR) is 112 cm³/mol. The highest BCUT2D eigenvalue weighted by Crippen LogP contribution is 2.44. The van der Waals surface area contributed by atoms with E-state index in [1.165, 1.54) is 13.0 Å². The summed E-state index contributed by atoms with van der Waals surface area (Å²) in [7, 11) is -3.34. The van der Waals surface area contributed by atoms with Gasteiger partial charge in [-0.15, -0.1) is 0 Å². The van der Waals surface area contributed by atoms with E-state index >= 15 is 0 Å². The first-order chi connectivity index (χ1) is 14.7. The van der Waals surface area contributed by atoms with E-state index in [4.69, 9.17) is 4.52 Å². The summed E-state index contributed by atoms with van der Waals surface area (Å²) >= 11 is 0. The molecule has 170 valence electrons. The summed E-state index contributed by atoms with van der Waals surface area (Å²) in [6.45, 7) is 4.41. The maximum Gasteiger partial charge on any atom is 0.273 e. The molecule has 1 amide bonds. The van der Waals surface area contributed by atoms with E-state index in [0.717, 1.165) is 51.7 Å². The lowest BCUT2D eigenvalue weighted by Crippen LogP contribution is -2.56. The molecule has 31 heavy (non-hydrogen) atoms. The lowest BCUT2D eigenvalue weighted by Gasteiger charge is -2.49. The van der Waals surface area contributed by atoms with E-state index in [1.54, 1.807) is 4.31 Å². The monoisotopic (exact) mass is 450 g/mol. The topological polar surface area (TPSA) is 113 Å². The first kappa shape index (κ1) is 21.1. The molecule has 0 spiro atoms. The van der Waals surface area contributed by atoms with Crippen LogP contribution in [0.1, 0.15) is 72.9 Å². The van der Waals surface area contributed by atoms with E-state index in [-0.39, 0.29) is 52.4 Å². The summed E-state index contributed by atoms with van der Waals surface area (Å²) in [6.07, 6.45) is 5.85. The Kier molecular flexibility index (Phi) is 5.22. The van der Waals surface area contributed by atoms with Crippen LogP contribution >= 0.6 is 0 Å². The van der Waals surface area contributed by atoms with Crippen LogP contribution in [0.3, 0.4) is 0 Å². The fraction of sp³-hybridized carbons (Fsp3) is 0.762. The van der Waals surface area contributed by atoms with Crippen molar-refractivity contribution >= 4 is 21.7 Å². The highest BCUT2D eigenvalue weighted by molar-refractivity contribution is 7.89. The lowest BCUT2D eigenvalue weighted by molar-refractivity contribution is 0.0414. The number of aromatic nitrogens is 1. The van der Waals surface area contributed by atoms with Crippen molar-refractivity contribution in [2.24, 2.45) is 5.41 Å². The first-order valence-corrected chi connectivity index (χ1v) is 12.9.